The van der Waals surface area contributed by atoms with E-state index in [1.54, 1.807) is 12.1 Å². The highest BCUT2D eigenvalue weighted by Gasteiger charge is 2.35. The molecule has 0 aliphatic heterocycles. The summed E-state index contributed by atoms with van der Waals surface area (Å²) in [6.07, 6.45) is -4.57. The SMILES string of the molecule is Cc1c(C(F)(F)F)[nH]c2c(Br)ccc(I)c2c1=O. The van der Waals surface area contributed by atoms with E-state index in [1.165, 1.54) is 6.92 Å². The van der Waals surface area contributed by atoms with E-state index in [0.29, 0.717) is 8.04 Å². The Bertz CT molecular complexity index is 693. The van der Waals surface area contributed by atoms with E-state index in [4.69, 9.17) is 0 Å². The Morgan fingerprint density at radius 2 is 1.94 bits per heavy atom. The van der Waals surface area contributed by atoms with Crippen LogP contribution >= 0.6 is 38.5 Å². The van der Waals surface area contributed by atoms with Crippen LogP contribution in [0, 0.1) is 10.5 Å². The predicted molar refractivity (Wildman–Crippen MR) is 74.7 cm³/mol. The molecule has 0 amide bonds. The Kier molecular flexibility index (Phi) is 3.48. The smallest absolute Gasteiger partial charge is 0.350 e. The van der Waals surface area contributed by atoms with Crippen molar-refractivity contribution in [1.82, 2.24) is 4.98 Å². The Morgan fingerprint density at radius 3 is 2.50 bits per heavy atom. The molecule has 18 heavy (non-hydrogen) atoms. The molecule has 0 spiro atoms. The van der Waals surface area contributed by atoms with Crippen LogP contribution in [0.25, 0.3) is 10.9 Å². The van der Waals surface area contributed by atoms with E-state index < -0.39 is 17.3 Å². The van der Waals surface area contributed by atoms with Gasteiger partial charge in [0, 0.05) is 13.6 Å². The standard InChI is InChI=1S/C11H6BrF3INO/c1-4-9(18)7-6(16)3-2-5(12)8(7)17-10(4)11(13,14)15/h2-3H,1H3,(H,17,18). The first-order chi connectivity index (χ1) is 8.23. The van der Waals surface area contributed by atoms with Gasteiger partial charge in [0.25, 0.3) is 0 Å². The lowest BCUT2D eigenvalue weighted by Crippen LogP contribution is -2.19. The fourth-order valence-electron chi connectivity index (χ4n) is 1.70. The van der Waals surface area contributed by atoms with E-state index in [9.17, 15) is 18.0 Å². The van der Waals surface area contributed by atoms with Crippen molar-refractivity contribution in [3.05, 3.63) is 41.7 Å². The fraction of sp³-hybridized carbons (Fsp3) is 0.182. The average molecular weight is 432 g/mol. The molecule has 1 aromatic carbocycles. The number of fused-ring (bicyclic) bond motifs is 1. The number of hydrogen-bond acceptors (Lipinski definition) is 1. The van der Waals surface area contributed by atoms with E-state index >= 15 is 0 Å². The van der Waals surface area contributed by atoms with Gasteiger partial charge in [0.15, 0.2) is 5.43 Å². The van der Waals surface area contributed by atoms with Crippen molar-refractivity contribution in [2.75, 3.05) is 0 Å². The zero-order valence-corrected chi connectivity index (χ0v) is 12.7. The molecule has 0 radical (unpaired) electrons. The van der Waals surface area contributed by atoms with Crippen LogP contribution in [0.4, 0.5) is 13.2 Å². The molecule has 0 saturated carbocycles. The van der Waals surface area contributed by atoms with Gasteiger partial charge in [-0.25, -0.2) is 0 Å². The van der Waals surface area contributed by atoms with Crippen molar-refractivity contribution in [3.8, 4) is 0 Å². The largest absolute Gasteiger partial charge is 0.431 e. The molecule has 0 bridgehead atoms. The number of nitrogens with one attached hydrogen (secondary N) is 1. The number of alkyl halides is 3. The Morgan fingerprint density at radius 1 is 1.33 bits per heavy atom. The molecule has 2 nitrogen and oxygen atoms in total. The van der Waals surface area contributed by atoms with E-state index in [2.05, 4.69) is 20.9 Å². The summed E-state index contributed by atoms with van der Waals surface area (Å²) in [7, 11) is 0. The zero-order chi connectivity index (χ0) is 13.7. The third-order valence-electron chi connectivity index (χ3n) is 2.58. The Balaban J connectivity index is 3.02. The first-order valence-electron chi connectivity index (χ1n) is 4.81. The first-order valence-corrected chi connectivity index (χ1v) is 6.68. The average Bonchev–Trinajstić information content (AvgIpc) is 2.26. The molecule has 0 saturated heterocycles. The first kappa shape index (κ1) is 13.9. The van der Waals surface area contributed by atoms with Crippen LogP contribution in [0.15, 0.2) is 21.4 Å². The van der Waals surface area contributed by atoms with Gasteiger partial charge in [0.05, 0.1) is 10.9 Å². The van der Waals surface area contributed by atoms with Gasteiger partial charge >= 0.3 is 6.18 Å². The van der Waals surface area contributed by atoms with Crippen LogP contribution in [0.2, 0.25) is 0 Å². The summed E-state index contributed by atoms with van der Waals surface area (Å²) in [6, 6.07) is 3.28. The Labute approximate surface area is 122 Å². The zero-order valence-electron chi connectivity index (χ0n) is 8.95. The number of aromatic amines is 1. The van der Waals surface area contributed by atoms with Crippen molar-refractivity contribution in [2.45, 2.75) is 13.1 Å². The van der Waals surface area contributed by atoms with Gasteiger partial charge in [0.2, 0.25) is 0 Å². The fourth-order valence-corrected chi connectivity index (χ4v) is 2.82. The van der Waals surface area contributed by atoms with Gasteiger partial charge in [-0.3, -0.25) is 4.79 Å². The molecule has 0 atom stereocenters. The summed E-state index contributed by atoms with van der Waals surface area (Å²) in [4.78, 5) is 14.3. The molecule has 2 aromatic rings. The highest BCUT2D eigenvalue weighted by atomic mass is 127. The van der Waals surface area contributed by atoms with Crippen molar-refractivity contribution >= 4 is 49.4 Å². The molecule has 7 heteroatoms. The summed E-state index contributed by atoms with van der Waals surface area (Å²) in [5, 5.41) is 0.274. The maximum atomic E-state index is 12.8. The van der Waals surface area contributed by atoms with Crippen LogP contribution in [-0.4, -0.2) is 4.98 Å². The third-order valence-corrected chi connectivity index (χ3v) is 4.14. The highest BCUT2D eigenvalue weighted by Crippen LogP contribution is 2.32. The van der Waals surface area contributed by atoms with Crippen LogP contribution in [0.5, 0.6) is 0 Å². The predicted octanol–water partition coefficient (Wildman–Crippen LogP) is 4.22. The molecule has 2 rings (SSSR count). The maximum absolute atomic E-state index is 12.8. The topological polar surface area (TPSA) is 32.9 Å². The lowest BCUT2D eigenvalue weighted by atomic mass is 10.1. The van der Waals surface area contributed by atoms with Gasteiger partial charge in [-0.15, -0.1) is 0 Å². The van der Waals surface area contributed by atoms with Gasteiger partial charge in [-0.1, -0.05) is 0 Å². The van der Waals surface area contributed by atoms with Gasteiger partial charge in [-0.05, 0) is 57.6 Å². The monoisotopic (exact) mass is 431 g/mol. The minimum absolute atomic E-state index is 0.171. The van der Waals surface area contributed by atoms with E-state index in [-0.39, 0.29) is 16.5 Å². The molecule has 1 heterocycles. The number of aromatic nitrogens is 1. The number of halogens is 5. The van der Waals surface area contributed by atoms with Gasteiger partial charge in [0.1, 0.15) is 5.69 Å². The third kappa shape index (κ3) is 2.18. The van der Waals surface area contributed by atoms with Crippen molar-refractivity contribution in [1.29, 1.82) is 0 Å². The number of hydrogen-bond donors (Lipinski definition) is 1. The molecule has 96 valence electrons. The van der Waals surface area contributed by atoms with Gasteiger partial charge in [-0.2, -0.15) is 13.2 Å². The molecule has 1 aromatic heterocycles. The second-order valence-electron chi connectivity index (χ2n) is 3.73. The number of benzene rings is 1. The molecule has 0 aliphatic rings. The van der Waals surface area contributed by atoms with Crippen LogP contribution < -0.4 is 5.43 Å². The van der Waals surface area contributed by atoms with Crippen molar-refractivity contribution in [3.63, 3.8) is 0 Å². The second kappa shape index (κ2) is 4.52. The number of H-pyrrole nitrogens is 1. The summed E-state index contributed by atoms with van der Waals surface area (Å²) in [5.74, 6) is 0. The molecule has 0 unspecified atom stereocenters. The number of pyridine rings is 1. The van der Waals surface area contributed by atoms with Gasteiger partial charge < -0.3 is 4.98 Å². The van der Waals surface area contributed by atoms with Crippen LogP contribution in [0.3, 0.4) is 0 Å². The highest BCUT2D eigenvalue weighted by molar-refractivity contribution is 14.1. The van der Waals surface area contributed by atoms with Crippen molar-refractivity contribution in [2.24, 2.45) is 0 Å². The molecule has 0 fully saturated rings. The Hall–Kier alpha value is -0.570. The summed E-state index contributed by atoms with van der Waals surface area (Å²) < 4.78 is 39.5. The molecular formula is C11H6BrF3INO. The summed E-state index contributed by atoms with van der Waals surface area (Å²) in [6.45, 7) is 1.18. The second-order valence-corrected chi connectivity index (χ2v) is 5.75. The molecular weight excluding hydrogens is 426 g/mol. The summed E-state index contributed by atoms with van der Waals surface area (Å²) >= 11 is 5.08. The van der Waals surface area contributed by atoms with E-state index in [0.717, 1.165) is 0 Å². The minimum Gasteiger partial charge on any atom is -0.350 e. The van der Waals surface area contributed by atoms with Crippen LogP contribution in [-0.2, 0) is 6.18 Å². The van der Waals surface area contributed by atoms with Crippen LogP contribution in [0.1, 0.15) is 11.3 Å². The lowest BCUT2D eigenvalue weighted by molar-refractivity contribution is -0.141. The van der Waals surface area contributed by atoms with Crippen molar-refractivity contribution < 1.29 is 13.2 Å². The van der Waals surface area contributed by atoms with E-state index in [1.807, 2.05) is 22.6 Å². The molecule has 1 N–H and O–H groups in total. The maximum Gasteiger partial charge on any atom is 0.431 e. The number of rotatable bonds is 0. The lowest BCUT2D eigenvalue weighted by Gasteiger charge is -2.12. The minimum atomic E-state index is -4.57. The molecule has 0 aliphatic carbocycles. The normalized spacial score (nSPS) is 12.1. The summed E-state index contributed by atoms with van der Waals surface area (Å²) in [5.41, 5.74) is -1.74. The quantitative estimate of drug-likeness (QED) is 0.622.